The Hall–Kier alpha value is -0.770. The molecule has 1 fully saturated rings. The van der Waals surface area contributed by atoms with Crippen LogP contribution in [-0.2, 0) is 4.74 Å². The van der Waals surface area contributed by atoms with E-state index in [-0.39, 0.29) is 6.09 Å². The second-order valence-electron chi connectivity index (χ2n) is 4.77. The molecule has 1 aliphatic rings. The maximum Gasteiger partial charge on any atom is 0.407 e. The summed E-state index contributed by atoms with van der Waals surface area (Å²) < 4.78 is 5.12. The summed E-state index contributed by atoms with van der Waals surface area (Å²) in [6.07, 6.45) is 6.61. The van der Waals surface area contributed by atoms with Gasteiger partial charge < -0.3 is 15.0 Å². The lowest BCUT2D eigenvalue weighted by molar-refractivity contribution is 0.135. The average molecular weight is 228 g/mol. The molecule has 0 unspecified atom stereocenters. The van der Waals surface area contributed by atoms with E-state index in [9.17, 15) is 4.79 Å². The van der Waals surface area contributed by atoms with Crippen LogP contribution in [0.2, 0.25) is 0 Å². The minimum atomic E-state index is -0.245. The second kappa shape index (κ2) is 7.49. The summed E-state index contributed by atoms with van der Waals surface area (Å²) >= 11 is 0. The van der Waals surface area contributed by atoms with Crippen molar-refractivity contribution in [3.05, 3.63) is 0 Å². The molecule has 0 radical (unpaired) electrons. The molecule has 0 aromatic heterocycles. The maximum absolute atomic E-state index is 11.4. The van der Waals surface area contributed by atoms with Crippen LogP contribution < -0.4 is 5.32 Å². The van der Waals surface area contributed by atoms with Crippen molar-refractivity contribution in [2.24, 2.45) is 0 Å². The molecule has 0 bridgehead atoms. The Morgan fingerprint density at radius 1 is 1.31 bits per heavy atom. The summed E-state index contributed by atoms with van der Waals surface area (Å²) in [4.78, 5) is 13.5. The Morgan fingerprint density at radius 3 is 2.62 bits per heavy atom. The fraction of sp³-hybridized carbons (Fsp3) is 0.917. The molecule has 0 aliphatic heterocycles. The Bertz CT molecular complexity index is 201. The van der Waals surface area contributed by atoms with Gasteiger partial charge in [-0.05, 0) is 33.4 Å². The number of ether oxygens (including phenoxy) is 1. The molecule has 0 aromatic carbocycles. The van der Waals surface area contributed by atoms with E-state index in [1.807, 2.05) is 14.1 Å². The number of rotatable bonds is 5. The molecule has 4 heteroatoms. The van der Waals surface area contributed by atoms with Crippen molar-refractivity contribution in [1.82, 2.24) is 10.2 Å². The largest absolute Gasteiger partial charge is 0.450 e. The first-order chi connectivity index (χ1) is 7.68. The predicted molar refractivity (Wildman–Crippen MR) is 64.5 cm³/mol. The van der Waals surface area contributed by atoms with Gasteiger partial charge in [-0.25, -0.2) is 4.79 Å². The fourth-order valence-electron chi connectivity index (χ4n) is 2.00. The third kappa shape index (κ3) is 5.95. The van der Waals surface area contributed by atoms with Crippen molar-refractivity contribution in [3.8, 4) is 0 Å². The first-order valence-corrected chi connectivity index (χ1v) is 6.26. The molecule has 0 aromatic rings. The molecule has 1 amide bonds. The number of carbonyl (C=O) groups excluding carboxylic acids is 1. The summed E-state index contributed by atoms with van der Waals surface area (Å²) in [6, 6.07) is 0.343. The second-order valence-corrected chi connectivity index (χ2v) is 4.77. The van der Waals surface area contributed by atoms with Crippen LogP contribution in [0.1, 0.15) is 38.5 Å². The van der Waals surface area contributed by atoms with E-state index >= 15 is 0 Å². The first kappa shape index (κ1) is 13.3. The molecule has 0 saturated heterocycles. The van der Waals surface area contributed by atoms with E-state index < -0.39 is 0 Å². The highest BCUT2D eigenvalue weighted by Gasteiger charge is 2.15. The van der Waals surface area contributed by atoms with Crippen LogP contribution in [0.25, 0.3) is 0 Å². The third-order valence-electron chi connectivity index (χ3n) is 2.91. The monoisotopic (exact) mass is 228 g/mol. The molecule has 1 N–H and O–H groups in total. The number of nitrogens with zero attached hydrogens (tertiary/aromatic N) is 1. The SMILES string of the molecule is CN(C)CCCOC(=O)NC1CCCCC1. The highest BCUT2D eigenvalue weighted by Crippen LogP contribution is 2.17. The Kier molecular flexibility index (Phi) is 6.23. The summed E-state index contributed by atoms with van der Waals surface area (Å²) in [6.45, 7) is 1.47. The van der Waals surface area contributed by atoms with Gasteiger partial charge >= 0.3 is 6.09 Å². The van der Waals surface area contributed by atoms with Gasteiger partial charge in [0.1, 0.15) is 0 Å². The van der Waals surface area contributed by atoms with Gasteiger partial charge in [0.15, 0.2) is 0 Å². The molecule has 1 rings (SSSR count). The van der Waals surface area contributed by atoms with Crippen LogP contribution in [0.3, 0.4) is 0 Å². The Labute approximate surface area is 98.3 Å². The van der Waals surface area contributed by atoms with Crippen LogP contribution in [-0.4, -0.2) is 44.3 Å². The van der Waals surface area contributed by atoms with E-state index in [4.69, 9.17) is 4.74 Å². The van der Waals surface area contributed by atoms with Crippen molar-refractivity contribution < 1.29 is 9.53 Å². The van der Waals surface area contributed by atoms with E-state index in [2.05, 4.69) is 10.2 Å². The van der Waals surface area contributed by atoms with Crippen LogP contribution in [0.5, 0.6) is 0 Å². The molecule has 1 aliphatic carbocycles. The minimum absolute atomic E-state index is 0.245. The quantitative estimate of drug-likeness (QED) is 0.732. The van der Waals surface area contributed by atoms with Crippen LogP contribution in [0.15, 0.2) is 0 Å². The number of nitrogens with one attached hydrogen (secondary N) is 1. The predicted octanol–water partition coefficient (Wildman–Crippen LogP) is 2.00. The van der Waals surface area contributed by atoms with Gasteiger partial charge in [0.25, 0.3) is 0 Å². The highest BCUT2D eigenvalue weighted by molar-refractivity contribution is 5.67. The lowest BCUT2D eigenvalue weighted by Crippen LogP contribution is -2.36. The summed E-state index contributed by atoms with van der Waals surface area (Å²) in [5, 5.41) is 2.93. The van der Waals surface area contributed by atoms with Gasteiger partial charge in [0, 0.05) is 12.6 Å². The highest BCUT2D eigenvalue weighted by atomic mass is 16.5. The Morgan fingerprint density at radius 2 is 2.00 bits per heavy atom. The van der Waals surface area contributed by atoms with E-state index in [1.165, 1.54) is 19.3 Å². The van der Waals surface area contributed by atoms with Gasteiger partial charge in [-0.1, -0.05) is 19.3 Å². The summed E-state index contributed by atoms with van der Waals surface area (Å²) in [5.74, 6) is 0. The summed E-state index contributed by atoms with van der Waals surface area (Å²) in [5.41, 5.74) is 0. The maximum atomic E-state index is 11.4. The van der Waals surface area contributed by atoms with Gasteiger partial charge in [-0.3, -0.25) is 0 Å². The molecule has 1 saturated carbocycles. The van der Waals surface area contributed by atoms with Crippen LogP contribution in [0, 0.1) is 0 Å². The molecule has 0 spiro atoms. The molecule has 0 heterocycles. The van der Waals surface area contributed by atoms with Crippen molar-refractivity contribution in [2.45, 2.75) is 44.6 Å². The van der Waals surface area contributed by atoms with Crippen molar-refractivity contribution >= 4 is 6.09 Å². The topological polar surface area (TPSA) is 41.6 Å². The normalized spacial score (nSPS) is 17.4. The molecule has 16 heavy (non-hydrogen) atoms. The van der Waals surface area contributed by atoms with Crippen molar-refractivity contribution in [1.29, 1.82) is 0 Å². The Balaban J connectivity index is 2.01. The van der Waals surface area contributed by atoms with Crippen LogP contribution in [0.4, 0.5) is 4.79 Å². The third-order valence-corrected chi connectivity index (χ3v) is 2.91. The first-order valence-electron chi connectivity index (χ1n) is 6.26. The molecule has 94 valence electrons. The molecule has 4 nitrogen and oxygen atoms in total. The zero-order valence-electron chi connectivity index (χ0n) is 10.5. The number of hydrogen-bond acceptors (Lipinski definition) is 3. The van der Waals surface area contributed by atoms with Gasteiger partial charge in [0.05, 0.1) is 6.61 Å². The number of amides is 1. The van der Waals surface area contributed by atoms with Crippen molar-refractivity contribution in [2.75, 3.05) is 27.2 Å². The zero-order chi connectivity index (χ0) is 11.8. The van der Waals surface area contributed by atoms with E-state index in [0.29, 0.717) is 12.6 Å². The standard InChI is InChI=1S/C12H24N2O2/c1-14(2)9-6-10-16-12(15)13-11-7-4-3-5-8-11/h11H,3-10H2,1-2H3,(H,13,15). The van der Waals surface area contributed by atoms with Gasteiger partial charge in [-0.15, -0.1) is 0 Å². The summed E-state index contributed by atoms with van der Waals surface area (Å²) in [7, 11) is 4.03. The van der Waals surface area contributed by atoms with Gasteiger partial charge in [-0.2, -0.15) is 0 Å². The lowest BCUT2D eigenvalue weighted by atomic mass is 9.96. The average Bonchev–Trinajstić information content (AvgIpc) is 2.25. The van der Waals surface area contributed by atoms with Gasteiger partial charge in [0.2, 0.25) is 0 Å². The number of carbonyl (C=O) groups is 1. The molecule has 0 atom stereocenters. The number of alkyl carbamates (subject to hydrolysis) is 1. The minimum Gasteiger partial charge on any atom is -0.450 e. The van der Waals surface area contributed by atoms with E-state index in [1.54, 1.807) is 0 Å². The fourth-order valence-corrected chi connectivity index (χ4v) is 2.00. The number of hydrogen-bond donors (Lipinski definition) is 1. The molecular formula is C12H24N2O2. The zero-order valence-corrected chi connectivity index (χ0v) is 10.5. The van der Waals surface area contributed by atoms with Crippen LogP contribution >= 0.6 is 0 Å². The smallest absolute Gasteiger partial charge is 0.407 e. The molecular weight excluding hydrogens is 204 g/mol. The van der Waals surface area contributed by atoms with Crippen molar-refractivity contribution in [3.63, 3.8) is 0 Å². The lowest BCUT2D eigenvalue weighted by Gasteiger charge is -2.22. The van der Waals surface area contributed by atoms with E-state index in [0.717, 1.165) is 25.8 Å².